The van der Waals surface area contributed by atoms with Gasteiger partial charge in [-0.2, -0.15) is 4.37 Å². The van der Waals surface area contributed by atoms with Gasteiger partial charge < -0.3 is 10.5 Å². The Bertz CT molecular complexity index is 486. The SMILES string of the molecule is COCc1cc(-c2nsc(CCN)n2)ccn1. The third kappa shape index (κ3) is 3.06. The summed E-state index contributed by atoms with van der Waals surface area (Å²) in [5, 5.41) is 0.965. The van der Waals surface area contributed by atoms with Crippen LogP contribution in [0, 0.1) is 0 Å². The molecule has 90 valence electrons. The van der Waals surface area contributed by atoms with E-state index in [0.717, 1.165) is 28.5 Å². The largest absolute Gasteiger partial charge is 0.378 e. The summed E-state index contributed by atoms with van der Waals surface area (Å²) in [6.45, 7) is 1.09. The molecule has 0 saturated carbocycles. The number of nitrogens with zero attached hydrogens (tertiary/aromatic N) is 3. The molecule has 0 saturated heterocycles. The van der Waals surface area contributed by atoms with E-state index in [4.69, 9.17) is 10.5 Å². The van der Waals surface area contributed by atoms with Crippen molar-refractivity contribution in [3.05, 3.63) is 29.0 Å². The zero-order chi connectivity index (χ0) is 12.1. The van der Waals surface area contributed by atoms with Crippen LogP contribution in [0.3, 0.4) is 0 Å². The Labute approximate surface area is 104 Å². The standard InChI is InChI=1S/C11H14N4OS/c1-16-7-9-6-8(3-5-13-9)11-14-10(2-4-12)17-15-11/h3,5-6H,2,4,7,12H2,1H3. The topological polar surface area (TPSA) is 73.9 Å². The molecule has 2 heterocycles. The van der Waals surface area contributed by atoms with Crippen molar-refractivity contribution in [1.29, 1.82) is 0 Å². The third-order valence-electron chi connectivity index (χ3n) is 2.19. The average molecular weight is 250 g/mol. The Morgan fingerprint density at radius 1 is 1.47 bits per heavy atom. The van der Waals surface area contributed by atoms with E-state index >= 15 is 0 Å². The van der Waals surface area contributed by atoms with Crippen LogP contribution < -0.4 is 5.73 Å². The minimum Gasteiger partial charge on any atom is -0.378 e. The molecule has 0 bridgehead atoms. The summed E-state index contributed by atoms with van der Waals surface area (Å²) in [4.78, 5) is 8.63. The Morgan fingerprint density at radius 2 is 2.35 bits per heavy atom. The maximum atomic E-state index is 5.48. The summed E-state index contributed by atoms with van der Waals surface area (Å²) in [7, 11) is 1.65. The smallest absolute Gasteiger partial charge is 0.173 e. The van der Waals surface area contributed by atoms with Gasteiger partial charge in [0.25, 0.3) is 0 Å². The normalized spacial score (nSPS) is 10.7. The molecule has 2 aromatic rings. The van der Waals surface area contributed by atoms with Gasteiger partial charge in [0.05, 0.1) is 12.3 Å². The first-order valence-corrected chi connectivity index (χ1v) is 6.07. The maximum Gasteiger partial charge on any atom is 0.173 e. The fourth-order valence-corrected chi connectivity index (χ4v) is 2.12. The molecule has 0 aromatic carbocycles. The van der Waals surface area contributed by atoms with Gasteiger partial charge in [-0.15, -0.1) is 0 Å². The molecular formula is C11H14N4OS. The zero-order valence-corrected chi connectivity index (χ0v) is 10.4. The lowest BCUT2D eigenvalue weighted by Crippen LogP contribution is -2.02. The molecule has 0 aliphatic carbocycles. The monoisotopic (exact) mass is 250 g/mol. The summed E-state index contributed by atoms with van der Waals surface area (Å²) < 4.78 is 9.36. The number of methoxy groups -OCH3 is 1. The van der Waals surface area contributed by atoms with E-state index in [0.29, 0.717) is 13.2 Å². The summed E-state index contributed by atoms with van der Waals surface area (Å²) in [6, 6.07) is 3.84. The van der Waals surface area contributed by atoms with Gasteiger partial charge in [-0.3, -0.25) is 4.98 Å². The van der Waals surface area contributed by atoms with Crippen molar-refractivity contribution in [2.75, 3.05) is 13.7 Å². The number of ether oxygens (including phenoxy) is 1. The number of hydrogen-bond acceptors (Lipinski definition) is 6. The van der Waals surface area contributed by atoms with Crippen molar-refractivity contribution < 1.29 is 4.74 Å². The number of aromatic nitrogens is 3. The van der Waals surface area contributed by atoms with Gasteiger partial charge >= 0.3 is 0 Å². The predicted octanol–water partition coefficient (Wildman–Crippen LogP) is 1.25. The van der Waals surface area contributed by atoms with Gasteiger partial charge in [0.2, 0.25) is 0 Å². The van der Waals surface area contributed by atoms with Gasteiger partial charge in [-0.05, 0) is 30.2 Å². The van der Waals surface area contributed by atoms with Crippen molar-refractivity contribution in [3.8, 4) is 11.4 Å². The average Bonchev–Trinajstić information content (AvgIpc) is 2.79. The fourth-order valence-electron chi connectivity index (χ4n) is 1.44. The Kier molecular flexibility index (Phi) is 4.13. The van der Waals surface area contributed by atoms with E-state index in [1.165, 1.54) is 11.5 Å². The van der Waals surface area contributed by atoms with E-state index < -0.39 is 0 Å². The van der Waals surface area contributed by atoms with E-state index in [-0.39, 0.29) is 0 Å². The van der Waals surface area contributed by atoms with Gasteiger partial charge in [-0.25, -0.2) is 4.98 Å². The molecular weight excluding hydrogens is 236 g/mol. The molecule has 6 heteroatoms. The fraction of sp³-hybridized carbons (Fsp3) is 0.364. The molecule has 17 heavy (non-hydrogen) atoms. The minimum atomic E-state index is 0.494. The van der Waals surface area contributed by atoms with Gasteiger partial charge in [0.1, 0.15) is 5.01 Å². The molecule has 0 atom stereocenters. The van der Waals surface area contributed by atoms with E-state index in [1.807, 2.05) is 12.1 Å². The lowest BCUT2D eigenvalue weighted by atomic mass is 10.2. The van der Waals surface area contributed by atoms with Crippen LogP contribution >= 0.6 is 11.5 Å². The number of rotatable bonds is 5. The lowest BCUT2D eigenvalue weighted by molar-refractivity contribution is 0.181. The quantitative estimate of drug-likeness (QED) is 0.864. The van der Waals surface area contributed by atoms with Crippen molar-refractivity contribution in [2.24, 2.45) is 5.73 Å². The number of hydrogen-bond donors (Lipinski definition) is 1. The Balaban J connectivity index is 2.22. The lowest BCUT2D eigenvalue weighted by Gasteiger charge is -2.00. The van der Waals surface area contributed by atoms with E-state index in [9.17, 15) is 0 Å². The zero-order valence-electron chi connectivity index (χ0n) is 9.59. The highest BCUT2D eigenvalue weighted by atomic mass is 32.1. The van der Waals surface area contributed by atoms with Crippen molar-refractivity contribution in [2.45, 2.75) is 13.0 Å². The second-order valence-electron chi connectivity index (χ2n) is 3.52. The first kappa shape index (κ1) is 12.1. The molecule has 2 rings (SSSR count). The van der Waals surface area contributed by atoms with E-state index in [2.05, 4.69) is 14.3 Å². The van der Waals surface area contributed by atoms with Crippen LogP contribution in [0.2, 0.25) is 0 Å². The summed E-state index contributed by atoms with van der Waals surface area (Å²) >= 11 is 1.40. The van der Waals surface area contributed by atoms with Crippen molar-refractivity contribution in [1.82, 2.24) is 14.3 Å². The summed E-state index contributed by atoms with van der Waals surface area (Å²) in [5.41, 5.74) is 7.32. The maximum absolute atomic E-state index is 5.48. The Hall–Kier alpha value is -1.37. The first-order chi connectivity index (χ1) is 8.33. The first-order valence-electron chi connectivity index (χ1n) is 5.30. The van der Waals surface area contributed by atoms with Crippen LogP contribution in [0.5, 0.6) is 0 Å². The number of pyridine rings is 1. The molecule has 0 radical (unpaired) electrons. The molecule has 0 amide bonds. The van der Waals surface area contributed by atoms with Crippen LogP contribution in [0.1, 0.15) is 10.7 Å². The van der Waals surface area contributed by atoms with Crippen molar-refractivity contribution in [3.63, 3.8) is 0 Å². The second kappa shape index (κ2) is 5.81. The highest BCUT2D eigenvalue weighted by molar-refractivity contribution is 7.05. The van der Waals surface area contributed by atoms with Gasteiger partial charge in [0.15, 0.2) is 5.82 Å². The van der Waals surface area contributed by atoms with Crippen LogP contribution in [0.25, 0.3) is 11.4 Å². The van der Waals surface area contributed by atoms with Crippen LogP contribution in [0.4, 0.5) is 0 Å². The molecule has 2 N–H and O–H groups in total. The molecule has 2 aromatic heterocycles. The predicted molar refractivity (Wildman–Crippen MR) is 66.6 cm³/mol. The van der Waals surface area contributed by atoms with Crippen LogP contribution in [-0.2, 0) is 17.8 Å². The molecule has 0 spiro atoms. The molecule has 0 unspecified atom stereocenters. The molecule has 0 aliphatic rings. The highest BCUT2D eigenvalue weighted by Crippen LogP contribution is 2.18. The van der Waals surface area contributed by atoms with Crippen LogP contribution in [0.15, 0.2) is 18.3 Å². The van der Waals surface area contributed by atoms with Crippen LogP contribution in [-0.4, -0.2) is 28.0 Å². The second-order valence-corrected chi connectivity index (χ2v) is 4.36. The minimum absolute atomic E-state index is 0.494. The molecule has 5 nitrogen and oxygen atoms in total. The summed E-state index contributed by atoms with van der Waals surface area (Å²) in [5.74, 6) is 0.734. The number of nitrogens with two attached hydrogens (primary N) is 1. The molecule has 0 fully saturated rings. The summed E-state index contributed by atoms with van der Waals surface area (Å²) in [6.07, 6.45) is 2.51. The van der Waals surface area contributed by atoms with E-state index in [1.54, 1.807) is 13.3 Å². The Morgan fingerprint density at radius 3 is 3.12 bits per heavy atom. The highest BCUT2D eigenvalue weighted by Gasteiger charge is 2.07. The van der Waals surface area contributed by atoms with Crippen molar-refractivity contribution >= 4 is 11.5 Å². The molecule has 0 aliphatic heterocycles. The third-order valence-corrected chi connectivity index (χ3v) is 2.96. The van der Waals surface area contributed by atoms with Gasteiger partial charge in [0, 0.05) is 25.3 Å². The van der Waals surface area contributed by atoms with Gasteiger partial charge in [-0.1, -0.05) is 0 Å².